The third kappa shape index (κ3) is 5.59. The van der Waals surface area contributed by atoms with Gasteiger partial charge >= 0.3 is 0 Å². The van der Waals surface area contributed by atoms with Gasteiger partial charge in [-0.1, -0.05) is 23.8 Å². The Kier molecular flexibility index (Phi) is 7.23. The van der Waals surface area contributed by atoms with Crippen molar-refractivity contribution in [3.63, 3.8) is 0 Å². The van der Waals surface area contributed by atoms with Crippen LogP contribution in [0, 0.1) is 18.6 Å². The van der Waals surface area contributed by atoms with E-state index < -0.39 is 11.6 Å². The largest absolute Gasteiger partial charge is 0.370 e. The van der Waals surface area contributed by atoms with Crippen molar-refractivity contribution >= 4 is 35.6 Å². The molecule has 0 aliphatic rings. The molecule has 0 saturated carbocycles. The standard InChI is InChI=1S/C16H17F2N3.HI/c1-11-2-6-14(7-3-11)21-16(19)20-9-8-12-4-5-13(17)10-15(12)18;/h2-7,10H,8-9H2,1H3,(H3,19,20,21);1H. The minimum absolute atomic E-state index is 0. The number of halogens is 3. The number of hydrogen-bond acceptors (Lipinski definition) is 1. The summed E-state index contributed by atoms with van der Waals surface area (Å²) in [6.07, 6.45) is 0.363. The lowest BCUT2D eigenvalue weighted by Crippen LogP contribution is -2.23. The van der Waals surface area contributed by atoms with E-state index in [-0.39, 0.29) is 29.9 Å². The fraction of sp³-hybridized carbons (Fsp3) is 0.188. The van der Waals surface area contributed by atoms with Crippen LogP contribution in [0.15, 0.2) is 47.5 Å². The smallest absolute Gasteiger partial charge is 0.193 e. The van der Waals surface area contributed by atoms with Crippen molar-refractivity contribution < 1.29 is 8.78 Å². The molecule has 0 amide bonds. The highest BCUT2D eigenvalue weighted by atomic mass is 127. The number of aliphatic imine (C=N–C) groups is 1. The fourth-order valence-electron chi connectivity index (χ4n) is 1.85. The van der Waals surface area contributed by atoms with Crippen molar-refractivity contribution in [2.24, 2.45) is 10.7 Å². The van der Waals surface area contributed by atoms with Crippen LogP contribution < -0.4 is 11.1 Å². The molecule has 0 saturated heterocycles. The van der Waals surface area contributed by atoms with E-state index in [9.17, 15) is 8.78 Å². The van der Waals surface area contributed by atoms with Crippen LogP contribution >= 0.6 is 24.0 Å². The summed E-state index contributed by atoms with van der Waals surface area (Å²) in [5.74, 6) is -0.878. The van der Waals surface area contributed by atoms with Crippen molar-refractivity contribution in [3.8, 4) is 0 Å². The van der Waals surface area contributed by atoms with Crippen LogP contribution in [0.5, 0.6) is 0 Å². The zero-order valence-corrected chi connectivity index (χ0v) is 14.5. The molecule has 0 radical (unpaired) electrons. The lowest BCUT2D eigenvalue weighted by Gasteiger charge is -2.06. The number of nitrogens with one attached hydrogen (secondary N) is 1. The second-order valence-electron chi connectivity index (χ2n) is 4.74. The first-order valence-electron chi connectivity index (χ1n) is 6.62. The van der Waals surface area contributed by atoms with E-state index in [1.165, 1.54) is 12.1 Å². The normalized spacial score (nSPS) is 11.0. The molecule has 0 aliphatic heterocycles. The summed E-state index contributed by atoms with van der Waals surface area (Å²) in [7, 11) is 0. The molecule has 2 rings (SSSR count). The van der Waals surface area contributed by atoms with Gasteiger partial charge in [-0.3, -0.25) is 4.99 Å². The predicted molar refractivity (Wildman–Crippen MR) is 96.8 cm³/mol. The Hall–Kier alpha value is -1.70. The third-order valence-electron chi connectivity index (χ3n) is 3.00. The van der Waals surface area contributed by atoms with E-state index in [0.717, 1.165) is 17.3 Å². The maximum atomic E-state index is 13.4. The zero-order chi connectivity index (χ0) is 15.2. The van der Waals surface area contributed by atoms with Crippen molar-refractivity contribution in [3.05, 3.63) is 65.2 Å². The van der Waals surface area contributed by atoms with E-state index >= 15 is 0 Å². The van der Waals surface area contributed by atoms with Gasteiger partial charge in [0.05, 0.1) is 0 Å². The summed E-state index contributed by atoms with van der Waals surface area (Å²) in [6, 6.07) is 11.2. The van der Waals surface area contributed by atoms with Crippen molar-refractivity contribution in [1.29, 1.82) is 0 Å². The number of nitrogens with zero attached hydrogens (tertiary/aromatic N) is 1. The van der Waals surface area contributed by atoms with Gasteiger partial charge in [-0.25, -0.2) is 8.78 Å². The highest BCUT2D eigenvalue weighted by Gasteiger charge is 2.03. The van der Waals surface area contributed by atoms with Gasteiger partial charge in [-0.2, -0.15) is 0 Å². The quantitative estimate of drug-likeness (QED) is 0.451. The van der Waals surface area contributed by atoms with E-state index in [2.05, 4.69) is 10.3 Å². The first kappa shape index (κ1) is 18.3. The van der Waals surface area contributed by atoms with Crippen LogP contribution in [0.4, 0.5) is 14.5 Å². The van der Waals surface area contributed by atoms with Crippen LogP contribution in [0.1, 0.15) is 11.1 Å². The van der Waals surface area contributed by atoms with Gasteiger partial charge in [0.2, 0.25) is 0 Å². The van der Waals surface area contributed by atoms with Gasteiger partial charge in [-0.15, -0.1) is 24.0 Å². The van der Waals surface area contributed by atoms with Gasteiger partial charge in [0.25, 0.3) is 0 Å². The van der Waals surface area contributed by atoms with Gasteiger partial charge in [-0.05, 0) is 37.1 Å². The van der Waals surface area contributed by atoms with Crippen LogP contribution in [-0.2, 0) is 6.42 Å². The minimum Gasteiger partial charge on any atom is -0.370 e. The predicted octanol–water partition coefficient (Wildman–Crippen LogP) is 3.86. The topological polar surface area (TPSA) is 50.4 Å². The molecular formula is C16H18F2IN3. The minimum atomic E-state index is -0.583. The lowest BCUT2D eigenvalue weighted by atomic mass is 10.1. The van der Waals surface area contributed by atoms with Gasteiger partial charge in [0.1, 0.15) is 11.6 Å². The molecule has 0 atom stereocenters. The number of benzene rings is 2. The van der Waals surface area contributed by atoms with Crippen molar-refractivity contribution in [1.82, 2.24) is 0 Å². The highest BCUT2D eigenvalue weighted by molar-refractivity contribution is 14.0. The van der Waals surface area contributed by atoms with Gasteiger partial charge in [0, 0.05) is 18.3 Å². The second kappa shape index (κ2) is 8.67. The summed E-state index contributed by atoms with van der Waals surface area (Å²) < 4.78 is 26.2. The molecule has 3 nitrogen and oxygen atoms in total. The molecular weight excluding hydrogens is 399 g/mol. The first-order chi connectivity index (χ1) is 10.0. The molecule has 3 N–H and O–H groups in total. The number of nitrogens with two attached hydrogens (primary N) is 1. The van der Waals surface area contributed by atoms with E-state index in [1.54, 1.807) is 0 Å². The average molecular weight is 417 g/mol. The lowest BCUT2D eigenvalue weighted by molar-refractivity contribution is 0.572. The summed E-state index contributed by atoms with van der Waals surface area (Å²) in [5.41, 5.74) is 8.17. The summed E-state index contributed by atoms with van der Waals surface area (Å²) in [4.78, 5) is 4.12. The fourth-order valence-corrected chi connectivity index (χ4v) is 1.85. The molecule has 0 unspecified atom stereocenters. The Bertz CT molecular complexity index is 642. The molecule has 0 aromatic heterocycles. The first-order valence-corrected chi connectivity index (χ1v) is 6.62. The number of anilines is 1. The second-order valence-corrected chi connectivity index (χ2v) is 4.74. The monoisotopic (exact) mass is 417 g/mol. The van der Waals surface area contributed by atoms with Crippen LogP contribution in [0.3, 0.4) is 0 Å². The van der Waals surface area contributed by atoms with E-state index in [1.807, 2.05) is 31.2 Å². The summed E-state index contributed by atoms with van der Waals surface area (Å²) >= 11 is 0. The van der Waals surface area contributed by atoms with Crippen molar-refractivity contribution in [2.45, 2.75) is 13.3 Å². The number of guanidine groups is 1. The number of aryl methyl sites for hydroxylation is 1. The molecule has 0 fully saturated rings. The molecule has 0 bridgehead atoms. The van der Waals surface area contributed by atoms with E-state index in [0.29, 0.717) is 18.5 Å². The van der Waals surface area contributed by atoms with E-state index in [4.69, 9.17) is 5.73 Å². The number of rotatable bonds is 4. The Morgan fingerprint density at radius 2 is 1.82 bits per heavy atom. The summed E-state index contributed by atoms with van der Waals surface area (Å²) in [5, 5.41) is 2.95. The highest BCUT2D eigenvalue weighted by Crippen LogP contribution is 2.10. The third-order valence-corrected chi connectivity index (χ3v) is 3.00. The molecule has 0 spiro atoms. The maximum absolute atomic E-state index is 13.4. The molecule has 6 heteroatoms. The molecule has 2 aromatic rings. The Labute approximate surface area is 145 Å². The van der Waals surface area contributed by atoms with Gasteiger partial charge < -0.3 is 11.1 Å². The SMILES string of the molecule is Cc1ccc(NC(N)=NCCc2ccc(F)cc2F)cc1.I. The molecule has 22 heavy (non-hydrogen) atoms. The Balaban J connectivity index is 0.00000242. The molecule has 118 valence electrons. The molecule has 0 aliphatic carbocycles. The van der Waals surface area contributed by atoms with Crippen LogP contribution in [0.25, 0.3) is 0 Å². The molecule has 0 heterocycles. The Morgan fingerprint density at radius 3 is 2.45 bits per heavy atom. The van der Waals surface area contributed by atoms with Gasteiger partial charge in [0.15, 0.2) is 5.96 Å². The maximum Gasteiger partial charge on any atom is 0.193 e. The zero-order valence-electron chi connectivity index (χ0n) is 12.1. The number of hydrogen-bond donors (Lipinski definition) is 2. The Morgan fingerprint density at radius 1 is 1.14 bits per heavy atom. The van der Waals surface area contributed by atoms with Crippen LogP contribution in [0.2, 0.25) is 0 Å². The van der Waals surface area contributed by atoms with Crippen molar-refractivity contribution in [2.75, 3.05) is 11.9 Å². The van der Waals surface area contributed by atoms with Crippen LogP contribution in [-0.4, -0.2) is 12.5 Å². The summed E-state index contributed by atoms with van der Waals surface area (Å²) in [6.45, 7) is 2.33. The average Bonchev–Trinajstić information content (AvgIpc) is 2.44. The molecule has 2 aromatic carbocycles.